The molecule has 2 aromatic heterocycles. The lowest BCUT2D eigenvalue weighted by Gasteiger charge is -2.14. The van der Waals surface area contributed by atoms with Crippen molar-refractivity contribution in [1.82, 2.24) is 20.1 Å². The summed E-state index contributed by atoms with van der Waals surface area (Å²) in [6, 6.07) is 25.5. The third kappa shape index (κ3) is 5.99. The molecule has 9 nitrogen and oxygen atoms in total. The van der Waals surface area contributed by atoms with Crippen LogP contribution in [0.4, 0.5) is 0 Å². The number of methoxy groups -OCH3 is 5. The van der Waals surface area contributed by atoms with Gasteiger partial charge < -0.3 is 29.0 Å². The minimum atomic E-state index is 0.479. The predicted octanol–water partition coefficient (Wildman–Crippen LogP) is 7.29. The van der Waals surface area contributed by atoms with Crippen molar-refractivity contribution < 1.29 is 23.7 Å². The highest BCUT2D eigenvalue weighted by Gasteiger charge is 2.22. The number of halogens is 1. The number of ether oxygens (including phenoxy) is 5. The first kappa shape index (κ1) is 31.0. The molecule has 0 aliphatic heterocycles. The highest BCUT2D eigenvalue weighted by atomic mass is 35.5. The summed E-state index contributed by atoms with van der Waals surface area (Å²) < 4.78 is 29.8. The van der Waals surface area contributed by atoms with Crippen molar-refractivity contribution in [2.24, 2.45) is 0 Å². The second kappa shape index (κ2) is 13.6. The maximum Gasteiger partial charge on any atom is 0.161 e. The van der Waals surface area contributed by atoms with E-state index in [0.717, 1.165) is 55.6 Å². The SMILES string of the molecule is COc1cccc(Cn2nc(CNCc3ccc(OC)c(OC)c3)c3c4cc(OC)c(OC)cc4c(-c4ccccc4Cl)nc32)c1. The molecular formula is C36H35ClN4O5. The summed E-state index contributed by atoms with van der Waals surface area (Å²) in [7, 11) is 8.18. The molecule has 46 heavy (non-hydrogen) atoms. The second-order valence-electron chi connectivity index (χ2n) is 10.6. The molecular weight excluding hydrogens is 604 g/mol. The third-order valence-corrected chi connectivity index (χ3v) is 8.26. The van der Waals surface area contributed by atoms with Crippen molar-refractivity contribution in [2.75, 3.05) is 35.5 Å². The van der Waals surface area contributed by atoms with Gasteiger partial charge in [-0.3, -0.25) is 0 Å². The molecule has 0 aliphatic rings. The quantitative estimate of drug-likeness (QED) is 0.150. The van der Waals surface area contributed by atoms with Crippen molar-refractivity contribution in [3.05, 3.63) is 101 Å². The number of hydrogen-bond donors (Lipinski definition) is 1. The molecule has 10 heteroatoms. The zero-order chi connectivity index (χ0) is 32.2. The van der Waals surface area contributed by atoms with Crippen molar-refractivity contribution in [3.63, 3.8) is 0 Å². The summed E-state index contributed by atoms with van der Waals surface area (Å²) in [5.74, 6) is 3.35. The highest BCUT2D eigenvalue weighted by Crippen LogP contribution is 2.42. The minimum absolute atomic E-state index is 0.479. The molecule has 0 spiro atoms. The van der Waals surface area contributed by atoms with Crippen LogP contribution in [0.2, 0.25) is 5.02 Å². The fourth-order valence-corrected chi connectivity index (χ4v) is 5.92. The fourth-order valence-electron chi connectivity index (χ4n) is 5.69. The summed E-state index contributed by atoms with van der Waals surface area (Å²) in [5.41, 5.74) is 5.18. The second-order valence-corrected chi connectivity index (χ2v) is 11.0. The Bertz CT molecular complexity index is 2030. The van der Waals surface area contributed by atoms with Gasteiger partial charge in [0.2, 0.25) is 0 Å². The van der Waals surface area contributed by atoms with Crippen LogP contribution in [0.1, 0.15) is 16.8 Å². The van der Waals surface area contributed by atoms with Crippen LogP contribution in [0, 0.1) is 0 Å². The molecule has 1 N–H and O–H groups in total. The zero-order valence-electron chi connectivity index (χ0n) is 26.4. The number of hydrogen-bond acceptors (Lipinski definition) is 8. The Morgan fingerprint density at radius 3 is 2.11 bits per heavy atom. The average molecular weight is 639 g/mol. The third-order valence-electron chi connectivity index (χ3n) is 7.93. The van der Waals surface area contributed by atoms with Gasteiger partial charge in [-0.15, -0.1) is 0 Å². The monoisotopic (exact) mass is 638 g/mol. The number of nitrogens with one attached hydrogen (secondary N) is 1. The zero-order valence-corrected chi connectivity index (χ0v) is 27.1. The van der Waals surface area contributed by atoms with Gasteiger partial charge in [0.15, 0.2) is 28.6 Å². The maximum atomic E-state index is 6.76. The molecule has 0 unspecified atom stereocenters. The van der Waals surface area contributed by atoms with Gasteiger partial charge in [0.05, 0.1) is 58.9 Å². The number of aromatic nitrogens is 3. The molecule has 0 saturated carbocycles. The van der Waals surface area contributed by atoms with Crippen LogP contribution in [0.25, 0.3) is 33.1 Å². The van der Waals surface area contributed by atoms with Gasteiger partial charge in [-0.25, -0.2) is 9.67 Å². The molecule has 0 radical (unpaired) electrons. The Kier molecular flexibility index (Phi) is 9.14. The molecule has 0 fully saturated rings. The molecule has 0 saturated heterocycles. The van der Waals surface area contributed by atoms with Crippen molar-refractivity contribution in [3.8, 4) is 40.0 Å². The summed E-state index contributed by atoms with van der Waals surface area (Å²) in [6.45, 7) is 1.55. The normalized spacial score (nSPS) is 11.2. The van der Waals surface area contributed by atoms with Crippen molar-refractivity contribution in [2.45, 2.75) is 19.6 Å². The van der Waals surface area contributed by atoms with E-state index in [0.29, 0.717) is 47.7 Å². The minimum Gasteiger partial charge on any atom is -0.497 e. The van der Waals surface area contributed by atoms with Crippen LogP contribution in [0.5, 0.6) is 28.7 Å². The number of fused-ring (bicyclic) bond motifs is 3. The first-order chi connectivity index (χ1) is 22.5. The Hall–Kier alpha value is -4.99. The van der Waals surface area contributed by atoms with Gasteiger partial charge in [-0.2, -0.15) is 5.10 Å². The molecule has 236 valence electrons. The smallest absolute Gasteiger partial charge is 0.161 e. The van der Waals surface area contributed by atoms with E-state index < -0.39 is 0 Å². The van der Waals surface area contributed by atoms with Crippen molar-refractivity contribution >= 4 is 33.4 Å². The first-order valence-corrected chi connectivity index (χ1v) is 15.1. The maximum absolute atomic E-state index is 6.76. The van der Waals surface area contributed by atoms with Crippen LogP contribution in [0.3, 0.4) is 0 Å². The largest absolute Gasteiger partial charge is 0.497 e. The van der Waals surface area contributed by atoms with Crippen LogP contribution < -0.4 is 29.0 Å². The lowest BCUT2D eigenvalue weighted by atomic mass is 10.00. The summed E-state index contributed by atoms with van der Waals surface area (Å²) in [5, 5.41) is 12.0. The number of nitrogens with zero attached hydrogens (tertiary/aromatic N) is 3. The van der Waals surface area contributed by atoms with Crippen LogP contribution in [-0.4, -0.2) is 50.3 Å². The number of rotatable bonds is 12. The van der Waals surface area contributed by atoms with E-state index in [4.69, 9.17) is 45.4 Å². The molecule has 0 bridgehead atoms. The molecule has 4 aromatic carbocycles. The van der Waals surface area contributed by atoms with E-state index >= 15 is 0 Å². The molecule has 0 atom stereocenters. The number of pyridine rings is 1. The van der Waals surface area contributed by atoms with Crippen molar-refractivity contribution in [1.29, 1.82) is 0 Å². The summed E-state index contributed by atoms with van der Waals surface area (Å²) in [4.78, 5) is 5.26. The topological polar surface area (TPSA) is 88.9 Å². The first-order valence-electron chi connectivity index (χ1n) is 14.7. The van der Waals surface area contributed by atoms with E-state index in [1.807, 2.05) is 77.5 Å². The van der Waals surface area contributed by atoms with Crippen LogP contribution >= 0.6 is 11.6 Å². The Morgan fingerprint density at radius 2 is 1.39 bits per heavy atom. The standard InChI is InChI=1S/C36H35ClN4O5/c1-42-24-10-8-9-23(15-24)21-41-36-34(29(40-41)20-38-19-22-13-14-30(43-2)31(16-22)44-3)26-17-32(45-4)33(46-5)18-27(26)35(39-36)25-11-6-7-12-28(25)37/h6-18,38H,19-21H2,1-5H3. The Labute approximate surface area is 272 Å². The van der Waals surface area contributed by atoms with Gasteiger partial charge in [0.25, 0.3) is 0 Å². The van der Waals surface area contributed by atoms with E-state index in [-0.39, 0.29) is 0 Å². The predicted molar refractivity (Wildman–Crippen MR) is 181 cm³/mol. The van der Waals surface area contributed by atoms with E-state index in [2.05, 4.69) is 11.4 Å². The van der Waals surface area contributed by atoms with E-state index in [1.165, 1.54) is 0 Å². The molecule has 6 rings (SSSR count). The van der Waals surface area contributed by atoms with E-state index in [1.54, 1.807) is 35.5 Å². The molecule has 6 aromatic rings. The van der Waals surface area contributed by atoms with Gasteiger partial charge >= 0.3 is 0 Å². The van der Waals surface area contributed by atoms with Gasteiger partial charge in [0.1, 0.15) is 5.75 Å². The summed E-state index contributed by atoms with van der Waals surface area (Å²) in [6.07, 6.45) is 0. The average Bonchev–Trinajstić information content (AvgIpc) is 3.43. The Morgan fingerprint density at radius 1 is 0.674 bits per heavy atom. The van der Waals surface area contributed by atoms with Crippen LogP contribution in [-0.2, 0) is 19.6 Å². The van der Waals surface area contributed by atoms with Gasteiger partial charge in [-0.1, -0.05) is 48.0 Å². The van der Waals surface area contributed by atoms with Gasteiger partial charge in [0, 0.05) is 34.4 Å². The summed E-state index contributed by atoms with van der Waals surface area (Å²) >= 11 is 6.76. The van der Waals surface area contributed by atoms with E-state index in [9.17, 15) is 0 Å². The fraction of sp³-hybridized carbons (Fsp3) is 0.222. The number of benzene rings is 4. The van der Waals surface area contributed by atoms with Crippen LogP contribution in [0.15, 0.2) is 78.9 Å². The molecule has 0 amide bonds. The molecule has 0 aliphatic carbocycles. The lowest BCUT2D eigenvalue weighted by molar-refractivity contribution is 0.354. The van der Waals surface area contributed by atoms with Gasteiger partial charge in [-0.05, 0) is 53.6 Å². The highest BCUT2D eigenvalue weighted by molar-refractivity contribution is 6.33. The lowest BCUT2D eigenvalue weighted by Crippen LogP contribution is -2.14. The Balaban J connectivity index is 1.52. The molecule has 2 heterocycles.